The van der Waals surface area contributed by atoms with Crippen LogP contribution in [0.5, 0.6) is 0 Å². The molecule has 1 fully saturated rings. The van der Waals surface area contributed by atoms with Gasteiger partial charge in [-0.25, -0.2) is 21.6 Å². The number of anilines is 2. The largest absolute Gasteiger partial charge is 0.465 e. The van der Waals surface area contributed by atoms with E-state index >= 15 is 0 Å². The van der Waals surface area contributed by atoms with Crippen molar-refractivity contribution in [2.75, 3.05) is 28.4 Å². The third-order valence-electron chi connectivity index (χ3n) is 4.66. The molecule has 0 spiro atoms. The SMILES string of the molecule is COC(=O)c1ccc(NS(=O)(=O)c2cc(N3CCCCS3(=O)=O)ccc2C)cc1. The highest BCUT2D eigenvalue weighted by Crippen LogP contribution is 2.29. The minimum atomic E-state index is -3.97. The van der Waals surface area contributed by atoms with E-state index < -0.39 is 26.0 Å². The van der Waals surface area contributed by atoms with Crippen molar-refractivity contribution in [3.63, 3.8) is 0 Å². The highest BCUT2D eigenvalue weighted by atomic mass is 32.2. The number of esters is 1. The van der Waals surface area contributed by atoms with E-state index in [-0.39, 0.29) is 16.3 Å². The second kappa shape index (κ2) is 8.03. The molecule has 0 aromatic heterocycles. The van der Waals surface area contributed by atoms with Gasteiger partial charge in [-0.15, -0.1) is 0 Å². The zero-order valence-corrected chi connectivity index (χ0v) is 17.7. The standard InChI is InChI=1S/C19H22N2O6S2/c1-14-5-10-17(21-11-3-4-12-28(21,23)24)13-18(14)29(25,26)20-16-8-6-15(7-9-16)19(22)27-2/h5-10,13,20H,3-4,11-12H2,1-2H3. The Labute approximate surface area is 170 Å². The molecule has 2 aromatic carbocycles. The van der Waals surface area contributed by atoms with Crippen LogP contribution in [0.2, 0.25) is 0 Å². The van der Waals surface area contributed by atoms with Crippen LogP contribution in [-0.4, -0.2) is 42.2 Å². The second-order valence-corrected chi connectivity index (χ2v) is 10.4. The Bertz CT molecular complexity index is 1130. The van der Waals surface area contributed by atoms with Gasteiger partial charge in [0.15, 0.2) is 0 Å². The first-order valence-corrected chi connectivity index (χ1v) is 12.1. The Morgan fingerprint density at radius 1 is 1.10 bits per heavy atom. The molecule has 0 bridgehead atoms. The van der Waals surface area contributed by atoms with E-state index in [0.717, 1.165) is 6.42 Å². The van der Waals surface area contributed by atoms with E-state index in [9.17, 15) is 21.6 Å². The Kier molecular flexibility index (Phi) is 5.85. The lowest BCUT2D eigenvalue weighted by Crippen LogP contribution is -2.38. The van der Waals surface area contributed by atoms with Gasteiger partial charge in [-0.1, -0.05) is 6.07 Å². The Hall–Kier alpha value is -2.59. The van der Waals surface area contributed by atoms with Gasteiger partial charge in [-0.05, 0) is 61.7 Å². The van der Waals surface area contributed by atoms with Crippen molar-refractivity contribution in [2.24, 2.45) is 0 Å². The van der Waals surface area contributed by atoms with Crippen molar-refractivity contribution in [1.29, 1.82) is 0 Å². The number of nitrogens with one attached hydrogen (secondary N) is 1. The summed E-state index contributed by atoms with van der Waals surface area (Å²) in [4.78, 5) is 11.5. The molecule has 0 aliphatic carbocycles. The smallest absolute Gasteiger partial charge is 0.337 e. The van der Waals surface area contributed by atoms with Gasteiger partial charge in [0.25, 0.3) is 10.0 Å². The summed E-state index contributed by atoms with van der Waals surface area (Å²) in [6, 6.07) is 10.4. The molecule has 10 heteroatoms. The summed E-state index contributed by atoms with van der Waals surface area (Å²) in [5.41, 5.74) is 1.38. The Balaban J connectivity index is 1.91. The summed E-state index contributed by atoms with van der Waals surface area (Å²) in [7, 11) is -6.16. The maximum Gasteiger partial charge on any atom is 0.337 e. The summed E-state index contributed by atoms with van der Waals surface area (Å²) in [5, 5.41) is 0. The van der Waals surface area contributed by atoms with Gasteiger partial charge in [0, 0.05) is 12.2 Å². The molecule has 29 heavy (non-hydrogen) atoms. The summed E-state index contributed by atoms with van der Waals surface area (Å²) in [6.07, 6.45) is 1.32. The van der Waals surface area contributed by atoms with E-state index in [1.54, 1.807) is 19.1 Å². The average molecular weight is 439 g/mol. The molecule has 3 rings (SSSR count). The van der Waals surface area contributed by atoms with E-state index in [0.29, 0.717) is 29.8 Å². The summed E-state index contributed by atoms with van der Waals surface area (Å²) < 4.78 is 58.9. The second-order valence-electron chi connectivity index (χ2n) is 6.72. The number of aryl methyl sites for hydroxylation is 1. The van der Waals surface area contributed by atoms with E-state index in [4.69, 9.17) is 0 Å². The molecular formula is C19H22N2O6S2. The molecule has 0 radical (unpaired) electrons. The van der Waals surface area contributed by atoms with Crippen LogP contribution in [0.4, 0.5) is 11.4 Å². The maximum atomic E-state index is 12.9. The number of sulfonamides is 2. The minimum absolute atomic E-state index is 0.00665. The monoisotopic (exact) mass is 438 g/mol. The van der Waals surface area contributed by atoms with Crippen molar-refractivity contribution in [1.82, 2.24) is 0 Å². The molecule has 1 aliphatic heterocycles. The van der Waals surface area contributed by atoms with Crippen LogP contribution >= 0.6 is 0 Å². The molecule has 1 saturated heterocycles. The zero-order valence-electron chi connectivity index (χ0n) is 16.1. The number of benzene rings is 2. The van der Waals surface area contributed by atoms with Gasteiger partial charge in [-0.2, -0.15) is 0 Å². The van der Waals surface area contributed by atoms with Gasteiger partial charge in [-0.3, -0.25) is 9.03 Å². The number of hydrogen-bond acceptors (Lipinski definition) is 6. The molecule has 1 heterocycles. The molecule has 0 amide bonds. The quantitative estimate of drug-likeness (QED) is 0.719. The topological polar surface area (TPSA) is 110 Å². The molecular weight excluding hydrogens is 416 g/mol. The maximum absolute atomic E-state index is 12.9. The third kappa shape index (κ3) is 4.54. The number of hydrogen-bond donors (Lipinski definition) is 1. The fraction of sp³-hybridized carbons (Fsp3) is 0.316. The van der Waals surface area contributed by atoms with Crippen molar-refractivity contribution >= 4 is 37.4 Å². The van der Waals surface area contributed by atoms with Crippen LogP contribution in [0.1, 0.15) is 28.8 Å². The van der Waals surface area contributed by atoms with Gasteiger partial charge < -0.3 is 4.74 Å². The van der Waals surface area contributed by atoms with Gasteiger partial charge in [0.2, 0.25) is 10.0 Å². The fourth-order valence-corrected chi connectivity index (χ4v) is 6.07. The average Bonchev–Trinajstić information content (AvgIpc) is 2.68. The van der Waals surface area contributed by atoms with Crippen LogP contribution in [0.25, 0.3) is 0 Å². The molecule has 1 aliphatic rings. The lowest BCUT2D eigenvalue weighted by molar-refractivity contribution is 0.0600. The lowest BCUT2D eigenvalue weighted by Gasteiger charge is -2.28. The van der Waals surface area contributed by atoms with Gasteiger partial charge in [0.1, 0.15) is 0 Å². The van der Waals surface area contributed by atoms with Crippen molar-refractivity contribution < 1.29 is 26.4 Å². The number of ether oxygens (including phenoxy) is 1. The molecule has 1 N–H and O–H groups in total. The molecule has 0 atom stereocenters. The highest BCUT2D eigenvalue weighted by Gasteiger charge is 2.28. The highest BCUT2D eigenvalue weighted by molar-refractivity contribution is 7.93. The van der Waals surface area contributed by atoms with Crippen molar-refractivity contribution in [3.8, 4) is 0 Å². The van der Waals surface area contributed by atoms with E-state index in [1.807, 2.05) is 0 Å². The van der Waals surface area contributed by atoms with Gasteiger partial charge >= 0.3 is 5.97 Å². The Morgan fingerprint density at radius 3 is 2.41 bits per heavy atom. The lowest BCUT2D eigenvalue weighted by atomic mass is 10.2. The van der Waals surface area contributed by atoms with E-state index in [1.165, 1.54) is 41.7 Å². The van der Waals surface area contributed by atoms with Crippen LogP contribution in [-0.2, 0) is 24.8 Å². The molecule has 8 nitrogen and oxygen atoms in total. The van der Waals surface area contributed by atoms with Crippen LogP contribution < -0.4 is 9.03 Å². The van der Waals surface area contributed by atoms with Crippen molar-refractivity contribution in [3.05, 3.63) is 53.6 Å². The third-order valence-corrected chi connectivity index (χ3v) is 8.05. The molecule has 2 aromatic rings. The van der Waals surface area contributed by atoms with Crippen molar-refractivity contribution in [2.45, 2.75) is 24.7 Å². The predicted octanol–water partition coefficient (Wildman–Crippen LogP) is 2.51. The van der Waals surface area contributed by atoms with Crippen LogP contribution in [0, 0.1) is 6.92 Å². The summed E-state index contributed by atoms with van der Waals surface area (Å²) in [5.74, 6) is -0.473. The number of nitrogens with zero attached hydrogens (tertiary/aromatic N) is 1. The van der Waals surface area contributed by atoms with Crippen LogP contribution in [0.15, 0.2) is 47.4 Å². The minimum Gasteiger partial charge on any atom is -0.465 e. The normalized spacial score (nSPS) is 16.3. The first-order chi connectivity index (χ1) is 13.6. The van der Waals surface area contributed by atoms with Crippen LogP contribution in [0.3, 0.4) is 0 Å². The Morgan fingerprint density at radius 2 is 1.79 bits per heavy atom. The first-order valence-electron chi connectivity index (χ1n) is 8.96. The molecule has 156 valence electrons. The predicted molar refractivity (Wildman–Crippen MR) is 110 cm³/mol. The van der Waals surface area contributed by atoms with Gasteiger partial charge in [0.05, 0.1) is 29.0 Å². The molecule has 0 unspecified atom stereocenters. The zero-order chi connectivity index (χ0) is 21.2. The van der Waals surface area contributed by atoms with E-state index in [2.05, 4.69) is 9.46 Å². The number of methoxy groups -OCH3 is 1. The number of carbonyl (C=O) groups is 1. The summed E-state index contributed by atoms with van der Waals surface area (Å²) >= 11 is 0. The molecule has 0 saturated carbocycles. The first kappa shape index (κ1) is 21.1. The number of rotatable bonds is 5. The fourth-order valence-electron chi connectivity index (χ4n) is 3.11. The summed E-state index contributed by atoms with van der Waals surface area (Å²) in [6.45, 7) is 1.97. The number of carbonyl (C=O) groups excluding carboxylic acids is 1.